The Kier molecular flexibility index (Phi) is 21.5. The lowest BCUT2D eigenvalue weighted by atomic mass is 10.4. The quantitative estimate of drug-likeness (QED) is 0.176. The number of hydrogen-bond acceptors (Lipinski definition) is 12. The molecule has 0 aliphatic rings. The molecule has 0 aliphatic heterocycles. The van der Waals surface area contributed by atoms with Gasteiger partial charge in [-0.1, -0.05) is 71.9 Å². The van der Waals surface area contributed by atoms with Crippen molar-refractivity contribution in [1.29, 1.82) is 0 Å². The van der Waals surface area contributed by atoms with Gasteiger partial charge in [-0.05, 0) is 41.5 Å². The zero-order valence-corrected chi connectivity index (χ0v) is 31.7. The maximum Gasteiger partial charge on any atom is 0.236 e. The van der Waals surface area contributed by atoms with Gasteiger partial charge in [-0.3, -0.25) is 30.3 Å². The molecule has 45 heavy (non-hydrogen) atoms. The van der Waals surface area contributed by atoms with Crippen LogP contribution < -0.4 is 16.0 Å². The summed E-state index contributed by atoms with van der Waals surface area (Å²) in [6.07, 6.45) is 0.484. The van der Waals surface area contributed by atoms with Crippen LogP contribution >= 0.6 is 71.9 Å². The Hall–Kier alpha value is -1.86. The second-order valence-corrected chi connectivity index (χ2v) is 14.2. The van der Waals surface area contributed by atoms with Crippen LogP contribution in [0.3, 0.4) is 0 Å². The SMILES string of the molecule is CCN(CC)C(=S)SCCC(=O)Nc1nc(NC(=O)CCSC(=S)N(CC)CC)nc(NC(=O)CCSC(=S)N(CC)CC)n1. The van der Waals surface area contributed by atoms with Crippen LogP contribution in [0.5, 0.6) is 0 Å². The number of amides is 3. The summed E-state index contributed by atoms with van der Waals surface area (Å²) in [4.78, 5) is 56.8. The van der Waals surface area contributed by atoms with E-state index in [1.807, 2.05) is 56.2 Å². The number of nitrogens with one attached hydrogen (secondary N) is 3. The minimum Gasteiger partial charge on any atom is -0.358 e. The predicted molar refractivity (Wildman–Crippen MR) is 203 cm³/mol. The molecule has 1 aromatic heterocycles. The van der Waals surface area contributed by atoms with Gasteiger partial charge in [-0.2, -0.15) is 15.0 Å². The molecule has 0 aromatic carbocycles. The van der Waals surface area contributed by atoms with E-state index in [0.717, 1.165) is 52.2 Å². The topological polar surface area (TPSA) is 136 Å². The van der Waals surface area contributed by atoms with Gasteiger partial charge in [0, 0.05) is 75.8 Å². The highest BCUT2D eigenvalue weighted by atomic mass is 32.2. The van der Waals surface area contributed by atoms with E-state index in [9.17, 15) is 14.4 Å². The highest BCUT2D eigenvalue weighted by Gasteiger charge is 2.16. The van der Waals surface area contributed by atoms with Crippen LogP contribution in [0.2, 0.25) is 0 Å². The van der Waals surface area contributed by atoms with Crippen molar-refractivity contribution >= 4 is 120 Å². The minimum atomic E-state index is -0.340. The Morgan fingerprint density at radius 1 is 0.511 bits per heavy atom. The van der Waals surface area contributed by atoms with Gasteiger partial charge < -0.3 is 14.7 Å². The number of carbonyl (C=O) groups is 3. The number of thiocarbonyl (C=S) groups is 3. The normalized spacial score (nSPS) is 10.5. The summed E-state index contributed by atoms with van der Waals surface area (Å²) in [6.45, 7) is 16.9. The highest BCUT2D eigenvalue weighted by Crippen LogP contribution is 2.16. The summed E-state index contributed by atoms with van der Waals surface area (Å²) >= 11 is 20.6. The fraction of sp³-hybridized carbons (Fsp3) is 0.667. The first-order valence-corrected chi connectivity index (χ1v) is 19.1. The first-order chi connectivity index (χ1) is 21.5. The number of nitrogens with zero attached hydrogens (tertiary/aromatic N) is 6. The van der Waals surface area contributed by atoms with Crippen molar-refractivity contribution < 1.29 is 14.4 Å². The van der Waals surface area contributed by atoms with Crippen molar-refractivity contribution in [1.82, 2.24) is 29.7 Å². The molecule has 1 rings (SSSR count). The van der Waals surface area contributed by atoms with E-state index in [1.54, 1.807) is 0 Å². The molecule has 1 aromatic rings. The Balaban J connectivity index is 2.91. The van der Waals surface area contributed by atoms with E-state index in [0.29, 0.717) is 17.3 Å². The molecule has 12 nitrogen and oxygen atoms in total. The molecule has 0 fully saturated rings. The second-order valence-electron chi connectivity index (χ2n) is 9.06. The third-order valence-corrected chi connectivity index (χ3v) is 10.7. The molecule has 0 atom stereocenters. The summed E-state index contributed by atoms with van der Waals surface area (Å²) in [5.74, 6) is 0.122. The molecule has 0 spiro atoms. The van der Waals surface area contributed by atoms with Crippen molar-refractivity contribution in [2.45, 2.75) is 60.8 Å². The standard InChI is InChI=1S/C27H45N9O3S6/c1-7-34(8-2)25(40)43-16-13-19(37)28-22-31-23(29-20(38)14-17-44-26(41)35(9-3)10-4)33-24(32-22)30-21(39)15-18-45-27(42)36(11-5)12-6/h7-18H2,1-6H3,(H3,28,29,30,31,32,33,37,38,39). The molecule has 3 amide bonds. The Morgan fingerprint density at radius 3 is 0.933 bits per heavy atom. The van der Waals surface area contributed by atoms with E-state index >= 15 is 0 Å². The van der Waals surface area contributed by atoms with Crippen LogP contribution in [-0.4, -0.2) is 117 Å². The van der Waals surface area contributed by atoms with Crippen LogP contribution in [0.15, 0.2) is 0 Å². The Labute approximate surface area is 296 Å². The number of rotatable bonds is 18. The van der Waals surface area contributed by atoms with E-state index in [4.69, 9.17) is 36.7 Å². The molecule has 1 heterocycles. The van der Waals surface area contributed by atoms with Crippen LogP contribution in [0.25, 0.3) is 0 Å². The van der Waals surface area contributed by atoms with Crippen molar-refractivity contribution in [2.24, 2.45) is 0 Å². The summed E-state index contributed by atoms with van der Waals surface area (Å²) < 4.78 is 2.19. The zero-order chi connectivity index (χ0) is 33.8. The molecule has 18 heteroatoms. The highest BCUT2D eigenvalue weighted by molar-refractivity contribution is 8.23. The first kappa shape index (κ1) is 41.2. The molecule has 0 radical (unpaired) electrons. The van der Waals surface area contributed by atoms with Gasteiger partial charge in [0.1, 0.15) is 13.0 Å². The lowest BCUT2D eigenvalue weighted by Crippen LogP contribution is -2.27. The number of aromatic nitrogens is 3. The minimum absolute atomic E-state index is 0.0916. The lowest BCUT2D eigenvalue weighted by molar-refractivity contribution is -0.116. The third kappa shape index (κ3) is 16.5. The van der Waals surface area contributed by atoms with E-state index in [1.165, 1.54) is 35.3 Å². The Bertz CT molecular complexity index is 999. The van der Waals surface area contributed by atoms with Gasteiger partial charge in [-0.25, -0.2) is 0 Å². The van der Waals surface area contributed by atoms with Crippen LogP contribution in [0, 0.1) is 0 Å². The number of anilines is 3. The van der Waals surface area contributed by atoms with Crippen LogP contribution in [0.1, 0.15) is 60.8 Å². The molecule has 0 aliphatic carbocycles. The molecule has 252 valence electrons. The maximum atomic E-state index is 12.7. The van der Waals surface area contributed by atoms with Crippen molar-refractivity contribution in [3.8, 4) is 0 Å². The summed E-state index contributed by atoms with van der Waals surface area (Å²) in [5, 5.41) is 7.92. The molecular weight excluding hydrogens is 691 g/mol. The van der Waals surface area contributed by atoms with E-state index in [2.05, 4.69) is 30.9 Å². The third-order valence-electron chi connectivity index (χ3n) is 6.12. The van der Waals surface area contributed by atoms with Gasteiger partial charge in [0.2, 0.25) is 35.6 Å². The molecule has 0 saturated heterocycles. The van der Waals surface area contributed by atoms with Gasteiger partial charge in [0.05, 0.1) is 0 Å². The maximum absolute atomic E-state index is 12.7. The Morgan fingerprint density at radius 2 is 0.733 bits per heavy atom. The number of hydrogen-bond donors (Lipinski definition) is 3. The summed E-state index contributed by atoms with van der Waals surface area (Å²) in [6, 6.07) is 0. The second kappa shape index (κ2) is 23.5. The van der Waals surface area contributed by atoms with Crippen molar-refractivity contribution in [2.75, 3.05) is 72.5 Å². The average molecular weight is 736 g/mol. The van der Waals surface area contributed by atoms with Gasteiger partial charge in [0.15, 0.2) is 0 Å². The number of thioether (sulfide) groups is 3. The molecule has 0 bridgehead atoms. The largest absolute Gasteiger partial charge is 0.358 e. The van der Waals surface area contributed by atoms with Gasteiger partial charge >= 0.3 is 0 Å². The smallest absolute Gasteiger partial charge is 0.236 e. The zero-order valence-electron chi connectivity index (χ0n) is 26.8. The molecular formula is C27H45N9O3S6. The van der Waals surface area contributed by atoms with Crippen molar-refractivity contribution in [3.63, 3.8) is 0 Å². The van der Waals surface area contributed by atoms with Gasteiger partial charge in [-0.15, -0.1) is 0 Å². The van der Waals surface area contributed by atoms with Crippen LogP contribution in [-0.2, 0) is 14.4 Å². The predicted octanol–water partition coefficient (Wildman–Crippen LogP) is 4.94. The van der Waals surface area contributed by atoms with Gasteiger partial charge in [0.25, 0.3) is 0 Å². The van der Waals surface area contributed by atoms with E-state index < -0.39 is 0 Å². The monoisotopic (exact) mass is 735 g/mol. The first-order valence-electron chi connectivity index (χ1n) is 14.9. The van der Waals surface area contributed by atoms with Crippen LogP contribution in [0.4, 0.5) is 17.8 Å². The lowest BCUT2D eigenvalue weighted by Gasteiger charge is -2.20. The molecule has 3 N–H and O–H groups in total. The summed E-state index contributed by atoms with van der Waals surface area (Å²) in [5.41, 5.74) is 0. The molecule has 0 saturated carbocycles. The summed E-state index contributed by atoms with van der Waals surface area (Å²) in [7, 11) is 0. The molecule has 0 unspecified atom stereocenters. The van der Waals surface area contributed by atoms with Crippen molar-refractivity contribution in [3.05, 3.63) is 0 Å². The fourth-order valence-corrected chi connectivity index (χ4v) is 7.75. The fourth-order valence-electron chi connectivity index (χ4n) is 3.52. The number of carbonyl (C=O) groups excluding carboxylic acids is 3. The average Bonchev–Trinajstić information content (AvgIpc) is 2.98. The van der Waals surface area contributed by atoms with E-state index in [-0.39, 0.29) is 54.8 Å².